The first-order valence-electron chi connectivity index (χ1n) is 6.75. The average Bonchev–Trinajstić information content (AvgIpc) is 2.88. The molecule has 1 aromatic carbocycles. The van der Waals surface area contributed by atoms with Crippen molar-refractivity contribution in [3.8, 4) is 11.5 Å². The van der Waals surface area contributed by atoms with Crippen LogP contribution in [-0.4, -0.2) is 18.6 Å². The standard InChI is InChI=1S/C16H18N2O2/c1-11-4-3-7-18-14(11)9-19-12-5-6-13-15(17-2)10-20-16(13)8-12/h3-8,15,17H,9-10H2,1-2H3. The number of hydrogen-bond donors (Lipinski definition) is 1. The average molecular weight is 270 g/mol. The van der Waals surface area contributed by atoms with E-state index < -0.39 is 0 Å². The van der Waals surface area contributed by atoms with E-state index in [4.69, 9.17) is 9.47 Å². The molecule has 104 valence electrons. The second-order valence-electron chi connectivity index (χ2n) is 4.91. The van der Waals surface area contributed by atoms with Gasteiger partial charge in [-0.1, -0.05) is 6.07 Å². The molecule has 0 bridgehead atoms. The zero-order valence-electron chi connectivity index (χ0n) is 11.7. The summed E-state index contributed by atoms with van der Waals surface area (Å²) in [7, 11) is 1.94. The first kappa shape index (κ1) is 12.9. The lowest BCUT2D eigenvalue weighted by molar-refractivity contribution is 0.294. The fourth-order valence-electron chi connectivity index (χ4n) is 2.34. The maximum atomic E-state index is 5.80. The lowest BCUT2D eigenvalue weighted by Crippen LogP contribution is -2.17. The van der Waals surface area contributed by atoms with Gasteiger partial charge in [0.25, 0.3) is 0 Å². The molecule has 0 saturated heterocycles. The Morgan fingerprint density at radius 2 is 2.30 bits per heavy atom. The number of aryl methyl sites for hydroxylation is 1. The smallest absolute Gasteiger partial charge is 0.130 e. The van der Waals surface area contributed by atoms with Gasteiger partial charge in [-0.25, -0.2) is 0 Å². The predicted molar refractivity (Wildman–Crippen MR) is 77.0 cm³/mol. The molecule has 1 aliphatic rings. The molecule has 0 aliphatic carbocycles. The highest BCUT2D eigenvalue weighted by atomic mass is 16.5. The quantitative estimate of drug-likeness (QED) is 0.927. The summed E-state index contributed by atoms with van der Waals surface area (Å²) in [6, 6.07) is 10.2. The Morgan fingerprint density at radius 1 is 1.40 bits per heavy atom. The van der Waals surface area contributed by atoms with Gasteiger partial charge in [0.2, 0.25) is 0 Å². The summed E-state index contributed by atoms with van der Waals surface area (Å²) in [5, 5.41) is 3.23. The van der Waals surface area contributed by atoms with Crippen molar-refractivity contribution in [1.82, 2.24) is 10.3 Å². The molecule has 4 nitrogen and oxygen atoms in total. The molecule has 0 amide bonds. The number of nitrogens with one attached hydrogen (secondary N) is 1. The van der Waals surface area contributed by atoms with Crippen LogP contribution in [0.5, 0.6) is 11.5 Å². The van der Waals surface area contributed by atoms with Crippen molar-refractivity contribution in [3.05, 3.63) is 53.3 Å². The van der Waals surface area contributed by atoms with Crippen molar-refractivity contribution in [2.75, 3.05) is 13.7 Å². The molecule has 20 heavy (non-hydrogen) atoms. The minimum absolute atomic E-state index is 0.275. The maximum absolute atomic E-state index is 5.80. The van der Waals surface area contributed by atoms with E-state index in [1.54, 1.807) is 6.20 Å². The van der Waals surface area contributed by atoms with Crippen LogP contribution in [-0.2, 0) is 6.61 Å². The maximum Gasteiger partial charge on any atom is 0.130 e. The molecule has 0 saturated carbocycles. The Hall–Kier alpha value is -2.07. The third kappa shape index (κ3) is 2.47. The van der Waals surface area contributed by atoms with Crippen LogP contribution in [0.1, 0.15) is 22.9 Å². The van der Waals surface area contributed by atoms with Crippen molar-refractivity contribution in [3.63, 3.8) is 0 Å². The van der Waals surface area contributed by atoms with Crippen LogP contribution >= 0.6 is 0 Å². The predicted octanol–water partition coefficient (Wildman–Crippen LogP) is 2.62. The molecule has 1 unspecified atom stereocenters. The molecule has 1 aliphatic heterocycles. The fourth-order valence-corrected chi connectivity index (χ4v) is 2.34. The number of aromatic nitrogens is 1. The molecule has 1 N–H and O–H groups in total. The van der Waals surface area contributed by atoms with E-state index in [9.17, 15) is 0 Å². The van der Waals surface area contributed by atoms with Crippen molar-refractivity contribution in [1.29, 1.82) is 0 Å². The van der Waals surface area contributed by atoms with Crippen LogP contribution in [0.15, 0.2) is 36.5 Å². The molecule has 0 fully saturated rings. The second-order valence-corrected chi connectivity index (χ2v) is 4.91. The topological polar surface area (TPSA) is 43.4 Å². The summed E-state index contributed by atoms with van der Waals surface area (Å²) in [5.41, 5.74) is 3.29. The Labute approximate surface area is 118 Å². The van der Waals surface area contributed by atoms with Crippen molar-refractivity contribution in [2.45, 2.75) is 19.6 Å². The molecule has 0 radical (unpaired) electrons. The lowest BCUT2D eigenvalue weighted by Gasteiger charge is -2.09. The van der Waals surface area contributed by atoms with Gasteiger partial charge >= 0.3 is 0 Å². The van der Waals surface area contributed by atoms with E-state index >= 15 is 0 Å². The van der Waals surface area contributed by atoms with E-state index in [0.717, 1.165) is 22.8 Å². The van der Waals surface area contributed by atoms with Gasteiger partial charge < -0.3 is 14.8 Å². The normalized spacial score (nSPS) is 16.6. The SMILES string of the molecule is CNC1COc2cc(OCc3ncccc3C)ccc21. The Morgan fingerprint density at radius 3 is 3.10 bits per heavy atom. The monoisotopic (exact) mass is 270 g/mol. The minimum atomic E-state index is 0.275. The summed E-state index contributed by atoms with van der Waals surface area (Å²) < 4.78 is 11.5. The summed E-state index contributed by atoms with van der Waals surface area (Å²) in [4.78, 5) is 4.32. The Bertz CT molecular complexity index is 613. The number of pyridine rings is 1. The first-order valence-corrected chi connectivity index (χ1v) is 6.75. The van der Waals surface area contributed by atoms with Crippen LogP contribution in [0.25, 0.3) is 0 Å². The van der Waals surface area contributed by atoms with Crippen molar-refractivity contribution >= 4 is 0 Å². The van der Waals surface area contributed by atoms with Gasteiger partial charge in [-0.05, 0) is 37.7 Å². The number of nitrogens with zero attached hydrogens (tertiary/aromatic N) is 1. The molecule has 1 atom stereocenters. The summed E-state index contributed by atoms with van der Waals surface area (Å²) >= 11 is 0. The highest BCUT2D eigenvalue weighted by molar-refractivity contribution is 5.45. The molecule has 3 rings (SSSR count). The molecular weight excluding hydrogens is 252 g/mol. The lowest BCUT2D eigenvalue weighted by atomic mass is 10.1. The van der Waals surface area contributed by atoms with E-state index in [1.807, 2.05) is 38.2 Å². The molecule has 2 heterocycles. The van der Waals surface area contributed by atoms with Crippen LogP contribution in [0.2, 0.25) is 0 Å². The van der Waals surface area contributed by atoms with E-state index in [1.165, 1.54) is 5.56 Å². The zero-order valence-corrected chi connectivity index (χ0v) is 11.7. The Balaban J connectivity index is 1.72. The summed E-state index contributed by atoms with van der Waals surface area (Å²) in [6.45, 7) is 3.19. The Kier molecular flexibility index (Phi) is 3.56. The zero-order chi connectivity index (χ0) is 13.9. The second kappa shape index (κ2) is 5.51. The summed E-state index contributed by atoms with van der Waals surface area (Å²) in [5.74, 6) is 1.71. The molecule has 1 aromatic heterocycles. The third-order valence-corrected chi connectivity index (χ3v) is 3.61. The fraction of sp³-hybridized carbons (Fsp3) is 0.312. The van der Waals surface area contributed by atoms with E-state index in [-0.39, 0.29) is 6.04 Å². The van der Waals surface area contributed by atoms with Gasteiger partial charge in [0.05, 0.1) is 11.7 Å². The molecular formula is C16H18N2O2. The number of likely N-dealkylation sites (N-methyl/N-ethyl adjacent to an activating group) is 1. The van der Waals surface area contributed by atoms with E-state index in [2.05, 4.69) is 16.4 Å². The highest BCUT2D eigenvalue weighted by Crippen LogP contribution is 2.35. The number of hydrogen-bond acceptors (Lipinski definition) is 4. The van der Waals surface area contributed by atoms with Crippen LogP contribution in [0.4, 0.5) is 0 Å². The van der Waals surface area contributed by atoms with Gasteiger partial charge in [0.15, 0.2) is 0 Å². The number of fused-ring (bicyclic) bond motifs is 1. The van der Waals surface area contributed by atoms with Crippen LogP contribution in [0, 0.1) is 6.92 Å². The van der Waals surface area contributed by atoms with Gasteiger partial charge in [0.1, 0.15) is 24.7 Å². The minimum Gasteiger partial charge on any atom is -0.491 e. The third-order valence-electron chi connectivity index (χ3n) is 3.61. The van der Waals surface area contributed by atoms with Crippen LogP contribution in [0.3, 0.4) is 0 Å². The van der Waals surface area contributed by atoms with Crippen LogP contribution < -0.4 is 14.8 Å². The largest absolute Gasteiger partial charge is 0.491 e. The highest BCUT2D eigenvalue weighted by Gasteiger charge is 2.22. The van der Waals surface area contributed by atoms with Crippen molar-refractivity contribution < 1.29 is 9.47 Å². The molecule has 2 aromatic rings. The summed E-state index contributed by atoms with van der Waals surface area (Å²) in [6.07, 6.45) is 1.79. The first-order chi connectivity index (χ1) is 9.78. The number of rotatable bonds is 4. The van der Waals surface area contributed by atoms with E-state index in [0.29, 0.717) is 13.2 Å². The van der Waals surface area contributed by atoms with Gasteiger partial charge in [-0.2, -0.15) is 0 Å². The molecule has 4 heteroatoms. The number of benzene rings is 1. The number of ether oxygens (including phenoxy) is 2. The molecule has 0 spiro atoms. The van der Waals surface area contributed by atoms with Gasteiger partial charge in [-0.3, -0.25) is 4.98 Å². The van der Waals surface area contributed by atoms with Gasteiger partial charge in [-0.15, -0.1) is 0 Å². The van der Waals surface area contributed by atoms with Crippen molar-refractivity contribution in [2.24, 2.45) is 0 Å². The van der Waals surface area contributed by atoms with Gasteiger partial charge in [0, 0.05) is 17.8 Å².